The lowest BCUT2D eigenvalue weighted by atomic mass is 10.1. The van der Waals surface area contributed by atoms with Crippen molar-refractivity contribution in [2.24, 2.45) is 5.92 Å². The summed E-state index contributed by atoms with van der Waals surface area (Å²) in [5.41, 5.74) is 0.889. The van der Waals surface area contributed by atoms with Crippen LogP contribution in [-0.4, -0.2) is 18.9 Å². The van der Waals surface area contributed by atoms with Gasteiger partial charge in [0.1, 0.15) is 0 Å². The molecule has 1 aromatic rings. The van der Waals surface area contributed by atoms with E-state index in [0.717, 1.165) is 12.8 Å². The lowest BCUT2D eigenvalue weighted by Gasteiger charge is -2.10. The molecule has 1 saturated carbocycles. The van der Waals surface area contributed by atoms with Crippen molar-refractivity contribution in [1.82, 2.24) is 5.32 Å². The van der Waals surface area contributed by atoms with Gasteiger partial charge in [0.15, 0.2) is 0 Å². The van der Waals surface area contributed by atoms with Crippen LogP contribution in [0.1, 0.15) is 23.2 Å². The van der Waals surface area contributed by atoms with Gasteiger partial charge in [-0.15, -0.1) is 0 Å². The molecule has 0 radical (unpaired) electrons. The molecule has 17 heavy (non-hydrogen) atoms. The van der Waals surface area contributed by atoms with E-state index in [0.29, 0.717) is 16.3 Å². The molecule has 0 aromatic heterocycles. The first-order valence-electron chi connectivity index (χ1n) is 5.44. The van der Waals surface area contributed by atoms with E-state index in [4.69, 9.17) is 11.6 Å². The second-order valence-electron chi connectivity index (χ2n) is 4.03. The van der Waals surface area contributed by atoms with E-state index >= 15 is 0 Å². The predicted octanol–water partition coefficient (Wildman–Crippen LogP) is 2.05. The lowest BCUT2D eigenvalue weighted by Crippen LogP contribution is -2.22. The summed E-state index contributed by atoms with van der Waals surface area (Å²) in [7, 11) is 1.55. The molecule has 5 heteroatoms. The van der Waals surface area contributed by atoms with Gasteiger partial charge in [-0.3, -0.25) is 9.59 Å². The van der Waals surface area contributed by atoms with Gasteiger partial charge >= 0.3 is 0 Å². The Labute approximate surface area is 104 Å². The number of hydrogen-bond donors (Lipinski definition) is 2. The van der Waals surface area contributed by atoms with Gasteiger partial charge in [-0.25, -0.2) is 0 Å². The molecule has 0 spiro atoms. The highest BCUT2D eigenvalue weighted by Gasteiger charge is 2.30. The van der Waals surface area contributed by atoms with E-state index in [1.807, 2.05) is 0 Å². The van der Waals surface area contributed by atoms with E-state index in [1.54, 1.807) is 25.2 Å². The maximum absolute atomic E-state index is 11.7. The van der Waals surface area contributed by atoms with Crippen LogP contribution in [0.15, 0.2) is 18.2 Å². The van der Waals surface area contributed by atoms with Crippen molar-refractivity contribution in [2.75, 3.05) is 12.4 Å². The Morgan fingerprint density at radius 2 is 2.06 bits per heavy atom. The maximum atomic E-state index is 11.7. The second-order valence-corrected chi connectivity index (χ2v) is 4.47. The zero-order valence-corrected chi connectivity index (χ0v) is 10.2. The number of halogens is 1. The number of rotatable bonds is 3. The number of nitrogens with one attached hydrogen (secondary N) is 2. The molecule has 90 valence electrons. The summed E-state index contributed by atoms with van der Waals surface area (Å²) in [6.45, 7) is 0. The van der Waals surface area contributed by atoms with E-state index in [1.165, 1.54) is 0 Å². The number of amides is 2. The number of hydrogen-bond acceptors (Lipinski definition) is 2. The Balaban J connectivity index is 2.25. The van der Waals surface area contributed by atoms with Crippen molar-refractivity contribution in [3.05, 3.63) is 28.8 Å². The van der Waals surface area contributed by atoms with Crippen molar-refractivity contribution in [3.63, 3.8) is 0 Å². The fraction of sp³-hybridized carbons (Fsp3) is 0.333. The second kappa shape index (κ2) is 4.75. The molecule has 0 bridgehead atoms. The van der Waals surface area contributed by atoms with Crippen molar-refractivity contribution >= 4 is 29.1 Å². The average Bonchev–Trinajstić information content (AvgIpc) is 3.12. The van der Waals surface area contributed by atoms with Crippen LogP contribution in [0.5, 0.6) is 0 Å². The van der Waals surface area contributed by atoms with Gasteiger partial charge in [0.05, 0.1) is 11.3 Å². The number of anilines is 1. The van der Waals surface area contributed by atoms with E-state index < -0.39 is 0 Å². The first kappa shape index (κ1) is 11.9. The van der Waals surface area contributed by atoms with E-state index in [9.17, 15) is 9.59 Å². The molecule has 1 aliphatic rings. The normalized spacial score (nSPS) is 14.2. The zero-order valence-electron chi connectivity index (χ0n) is 9.42. The molecule has 4 nitrogen and oxygen atoms in total. The molecule has 0 aliphatic heterocycles. The monoisotopic (exact) mass is 252 g/mol. The molecule has 2 rings (SSSR count). The fourth-order valence-corrected chi connectivity index (χ4v) is 1.70. The van der Waals surface area contributed by atoms with E-state index in [-0.39, 0.29) is 17.7 Å². The minimum atomic E-state index is -0.243. The Morgan fingerprint density at radius 3 is 2.65 bits per heavy atom. The van der Waals surface area contributed by atoms with Crippen LogP contribution in [0, 0.1) is 5.92 Å². The summed E-state index contributed by atoms with van der Waals surface area (Å²) >= 11 is 5.86. The van der Waals surface area contributed by atoms with Crippen molar-refractivity contribution in [3.8, 4) is 0 Å². The average molecular weight is 253 g/mol. The molecular formula is C12H13ClN2O2. The van der Waals surface area contributed by atoms with Crippen LogP contribution in [0.2, 0.25) is 5.02 Å². The summed E-state index contributed by atoms with van der Waals surface area (Å²) in [4.78, 5) is 23.3. The number of carbonyl (C=O) groups is 2. The highest BCUT2D eigenvalue weighted by atomic mass is 35.5. The minimum Gasteiger partial charge on any atom is -0.355 e. The molecular weight excluding hydrogens is 240 g/mol. The molecule has 1 fully saturated rings. The topological polar surface area (TPSA) is 58.2 Å². The highest BCUT2D eigenvalue weighted by molar-refractivity contribution is 6.31. The summed E-state index contributed by atoms with van der Waals surface area (Å²) in [6, 6.07) is 4.81. The zero-order chi connectivity index (χ0) is 12.4. The predicted molar refractivity (Wildman–Crippen MR) is 66.2 cm³/mol. The molecule has 0 heterocycles. The first-order valence-corrected chi connectivity index (χ1v) is 5.82. The number of benzene rings is 1. The Hall–Kier alpha value is -1.55. The van der Waals surface area contributed by atoms with Gasteiger partial charge in [0.2, 0.25) is 5.91 Å². The molecule has 2 amide bonds. The van der Waals surface area contributed by atoms with Crippen LogP contribution in [0.25, 0.3) is 0 Å². The van der Waals surface area contributed by atoms with Gasteiger partial charge in [-0.1, -0.05) is 11.6 Å². The first-order chi connectivity index (χ1) is 8.11. The molecule has 1 aromatic carbocycles. The minimum absolute atomic E-state index is 0.0441. The third-order valence-corrected chi connectivity index (χ3v) is 2.89. The van der Waals surface area contributed by atoms with Crippen molar-refractivity contribution < 1.29 is 9.59 Å². The summed E-state index contributed by atoms with van der Waals surface area (Å²) in [6.07, 6.45) is 1.84. The van der Waals surface area contributed by atoms with Crippen LogP contribution < -0.4 is 10.6 Å². The Kier molecular flexibility index (Phi) is 3.33. The quantitative estimate of drug-likeness (QED) is 0.865. The highest BCUT2D eigenvalue weighted by Crippen LogP contribution is 2.31. The van der Waals surface area contributed by atoms with Crippen LogP contribution in [0.4, 0.5) is 5.69 Å². The third kappa shape index (κ3) is 2.77. The summed E-state index contributed by atoms with van der Waals surface area (Å²) in [5, 5.41) is 5.76. The van der Waals surface area contributed by atoms with Gasteiger partial charge in [-0.05, 0) is 31.0 Å². The van der Waals surface area contributed by atoms with Crippen LogP contribution in [0.3, 0.4) is 0 Å². The molecule has 0 atom stereocenters. The van der Waals surface area contributed by atoms with Crippen molar-refractivity contribution in [2.45, 2.75) is 12.8 Å². The van der Waals surface area contributed by atoms with Crippen LogP contribution in [-0.2, 0) is 4.79 Å². The SMILES string of the molecule is CNC(=O)c1ccc(Cl)cc1NC(=O)C1CC1. The largest absolute Gasteiger partial charge is 0.355 e. The van der Waals surface area contributed by atoms with Gasteiger partial charge in [0.25, 0.3) is 5.91 Å². The Morgan fingerprint density at radius 1 is 1.35 bits per heavy atom. The van der Waals surface area contributed by atoms with E-state index in [2.05, 4.69) is 10.6 Å². The lowest BCUT2D eigenvalue weighted by molar-refractivity contribution is -0.117. The maximum Gasteiger partial charge on any atom is 0.253 e. The summed E-state index contributed by atoms with van der Waals surface area (Å²) in [5.74, 6) is -0.197. The van der Waals surface area contributed by atoms with Gasteiger partial charge < -0.3 is 10.6 Å². The molecule has 1 aliphatic carbocycles. The van der Waals surface area contributed by atoms with Gasteiger partial charge in [0, 0.05) is 18.0 Å². The van der Waals surface area contributed by atoms with Gasteiger partial charge in [-0.2, -0.15) is 0 Å². The number of carbonyl (C=O) groups excluding carboxylic acids is 2. The fourth-order valence-electron chi connectivity index (χ4n) is 1.53. The summed E-state index contributed by atoms with van der Waals surface area (Å²) < 4.78 is 0. The third-order valence-electron chi connectivity index (χ3n) is 2.66. The van der Waals surface area contributed by atoms with Crippen molar-refractivity contribution in [1.29, 1.82) is 0 Å². The molecule has 0 unspecified atom stereocenters. The molecule has 0 saturated heterocycles. The molecule has 2 N–H and O–H groups in total. The standard InChI is InChI=1S/C12H13ClN2O2/c1-14-12(17)9-5-4-8(13)6-10(9)15-11(16)7-2-3-7/h4-7H,2-3H2,1H3,(H,14,17)(H,15,16). The van der Waals surface area contributed by atoms with Crippen LogP contribution >= 0.6 is 11.6 Å². The smallest absolute Gasteiger partial charge is 0.253 e. The Bertz CT molecular complexity index is 470.